The van der Waals surface area contributed by atoms with Crippen molar-refractivity contribution in [1.82, 2.24) is 0 Å². The molecular formula is C11H22O2. The van der Waals surface area contributed by atoms with Crippen LogP contribution < -0.4 is 0 Å². The Morgan fingerprint density at radius 2 is 1.62 bits per heavy atom. The zero-order valence-electron chi connectivity index (χ0n) is 9.30. The number of hydrogen-bond donors (Lipinski definition) is 0. The van der Waals surface area contributed by atoms with Crippen LogP contribution >= 0.6 is 0 Å². The molecule has 78 valence electrons. The minimum atomic E-state index is -0.171. The predicted octanol–water partition coefficient (Wildman–Crippen LogP) is 2.81. The van der Waals surface area contributed by atoms with Crippen molar-refractivity contribution in [2.45, 2.75) is 53.1 Å². The van der Waals surface area contributed by atoms with E-state index >= 15 is 0 Å². The molecule has 0 aliphatic heterocycles. The maximum Gasteiger partial charge on any atom is 0.164 e. The Labute approximate surface area is 81.7 Å². The summed E-state index contributed by atoms with van der Waals surface area (Å²) >= 11 is 0. The van der Waals surface area contributed by atoms with E-state index in [9.17, 15) is 4.79 Å². The van der Waals surface area contributed by atoms with Crippen LogP contribution in [-0.2, 0) is 9.53 Å². The van der Waals surface area contributed by atoms with E-state index in [1.165, 1.54) is 0 Å². The number of ketones is 1. The molecule has 0 saturated heterocycles. The highest BCUT2D eigenvalue weighted by atomic mass is 16.5. The Kier molecular flexibility index (Phi) is 6.87. The lowest BCUT2D eigenvalue weighted by Gasteiger charge is -2.19. The van der Waals surface area contributed by atoms with Crippen molar-refractivity contribution in [2.24, 2.45) is 5.92 Å². The minimum absolute atomic E-state index is 0.171. The maximum atomic E-state index is 11.8. The number of hydrogen-bond acceptors (Lipinski definition) is 2. The topological polar surface area (TPSA) is 26.3 Å². The Morgan fingerprint density at radius 1 is 1.08 bits per heavy atom. The SMILES string of the molecule is CCOC(CC)C(=O)C(CC)CC. The van der Waals surface area contributed by atoms with E-state index in [2.05, 4.69) is 13.8 Å². The molecule has 0 radical (unpaired) electrons. The highest BCUT2D eigenvalue weighted by molar-refractivity contribution is 5.85. The van der Waals surface area contributed by atoms with Crippen LogP contribution in [-0.4, -0.2) is 18.5 Å². The molecule has 1 atom stereocenters. The lowest BCUT2D eigenvalue weighted by molar-refractivity contribution is -0.134. The van der Waals surface area contributed by atoms with Gasteiger partial charge in [-0.2, -0.15) is 0 Å². The quantitative estimate of drug-likeness (QED) is 0.611. The first-order valence-electron chi connectivity index (χ1n) is 5.36. The summed E-state index contributed by atoms with van der Waals surface area (Å²) in [5.74, 6) is 0.478. The zero-order valence-corrected chi connectivity index (χ0v) is 9.30. The molecular weight excluding hydrogens is 164 g/mol. The van der Waals surface area contributed by atoms with Gasteiger partial charge < -0.3 is 4.74 Å². The monoisotopic (exact) mass is 186 g/mol. The van der Waals surface area contributed by atoms with E-state index in [4.69, 9.17) is 4.74 Å². The predicted molar refractivity (Wildman–Crippen MR) is 54.8 cm³/mol. The maximum absolute atomic E-state index is 11.8. The fraction of sp³-hybridized carbons (Fsp3) is 0.909. The van der Waals surface area contributed by atoms with Crippen LogP contribution in [0.25, 0.3) is 0 Å². The van der Waals surface area contributed by atoms with Gasteiger partial charge >= 0.3 is 0 Å². The van der Waals surface area contributed by atoms with Gasteiger partial charge in [0.1, 0.15) is 6.10 Å². The third-order valence-corrected chi connectivity index (χ3v) is 2.44. The summed E-state index contributed by atoms with van der Waals surface area (Å²) in [5.41, 5.74) is 0. The molecule has 1 unspecified atom stereocenters. The van der Waals surface area contributed by atoms with Crippen LogP contribution in [0.15, 0.2) is 0 Å². The van der Waals surface area contributed by atoms with Gasteiger partial charge in [-0.15, -0.1) is 0 Å². The Bertz CT molecular complexity index is 139. The van der Waals surface area contributed by atoms with Gasteiger partial charge in [-0.1, -0.05) is 20.8 Å². The van der Waals surface area contributed by atoms with Crippen molar-refractivity contribution in [3.63, 3.8) is 0 Å². The summed E-state index contributed by atoms with van der Waals surface area (Å²) in [4.78, 5) is 11.8. The van der Waals surface area contributed by atoms with Gasteiger partial charge in [0, 0.05) is 12.5 Å². The van der Waals surface area contributed by atoms with E-state index in [0.29, 0.717) is 6.61 Å². The lowest BCUT2D eigenvalue weighted by Crippen LogP contribution is -2.29. The third-order valence-electron chi connectivity index (χ3n) is 2.44. The molecule has 0 heterocycles. The molecule has 0 rings (SSSR count). The Balaban J connectivity index is 4.16. The van der Waals surface area contributed by atoms with Crippen molar-refractivity contribution in [3.8, 4) is 0 Å². The molecule has 0 fully saturated rings. The van der Waals surface area contributed by atoms with E-state index in [1.54, 1.807) is 0 Å². The Hall–Kier alpha value is -0.370. The number of carbonyl (C=O) groups is 1. The van der Waals surface area contributed by atoms with Crippen LogP contribution in [0.2, 0.25) is 0 Å². The summed E-state index contributed by atoms with van der Waals surface area (Å²) in [7, 11) is 0. The molecule has 13 heavy (non-hydrogen) atoms. The third kappa shape index (κ3) is 3.90. The number of carbonyl (C=O) groups excluding carboxylic acids is 1. The van der Waals surface area contributed by atoms with Gasteiger partial charge in [0.25, 0.3) is 0 Å². The second-order valence-electron chi connectivity index (χ2n) is 3.27. The van der Waals surface area contributed by atoms with E-state index < -0.39 is 0 Å². The second kappa shape index (κ2) is 7.07. The molecule has 0 spiro atoms. The molecule has 2 nitrogen and oxygen atoms in total. The Morgan fingerprint density at radius 3 is 1.92 bits per heavy atom. The average Bonchev–Trinajstić information content (AvgIpc) is 2.15. The van der Waals surface area contributed by atoms with Crippen molar-refractivity contribution in [1.29, 1.82) is 0 Å². The van der Waals surface area contributed by atoms with Gasteiger partial charge in [-0.25, -0.2) is 0 Å². The molecule has 2 heteroatoms. The molecule has 0 aliphatic rings. The molecule has 0 amide bonds. The van der Waals surface area contributed by atoms with Gasteiger partial charge in [0.15, 0.2) is 5.78 Å². The standard InChI is InChI=1S/C11H22O2/c1-5-9(6-2)11(12)10(7-3)13-8-4/h9-10H,5-8H2,1-4H3. The molecule has 0 aromatic carbocycles. The largest absolute Gasteiger partial charge is 0.371 e. The highest BCUT2D eigenvalue weighted by Gasteiger charge is 2.23. The first-order chi connectivity index (χ1) is 6.21. The summed E-state index contributed by atoms with van der Waals surface area (Å²) in [6, 6.07) is 0. The zero-order chi connectivity index (χ0) is 10.3. The van der Waals surface area contributed by atoms with Crippen LogP contribution in [0, 0.1) is 5.92 Å². The van der Waals surface area contributed by atoms with E-state index in [0.717, 1.165) is 19.3 Å². The summed E-state index contributed by atoms with van der Waals surface area (Å²) in [6.07, 6.45) is 2.48. The second-order valence-corrected chi connectivity index (χ2v) is 3.27. The van der Waals surface area contributed by atoms with E-state index in [1.807, 2.05) is 13.8 Å². The van der Waals surface area contributed by atoms with Crippen LogP contribution in [0.3, 0.4) is 0 Å². The first kappa shape index (κ1) is 12.6. The van der Waals surface area contributed by atoms with Gasteiger partial charge in [0.05, 0.1) is 0 Å². The molecule has 0 N–H and O–H groups in total. The van der Waals surface area contributed by atoms with Crippen molar-refractivity contribution >= 4 is 5.78 Å². The number of Topliss-reactive ketones (excluding diaryl/α,β-unsaturated/α-hetero) is 1. The summed E-state index contributed by atoms with van der Waals surface area (Å²) in [6.45, 7) is 8.68. The fourth-order valence-corrected chi connectivity index (χ4v) is 1.56. The van der Waals surface area contributed by atoms with E-state index in [-0.39, 0.29) is 17.8 Å². The smallest absolute Gasteiger partial charge is 0.164 e. The van der Waals surface area contributed by atoms with Crippen LogP contribution in [0.5, 0.6) is 0 Å². The van der Waals surface area contributed by atoms with Crippen LogP contribution in [0.1, 0.15) is 47.0 Å². The minimum Gasteiger partial charge on any atom is -0.371 e. The van der Waals surface area contributed by atoms with Crippen molar-refractivity contribution in [2.75, 3.05) is 6.61 Å². The van der Waals surface area contributed by atoms with Crippen LogP contribution in [0.4, 0.5) is 0 Å². The van der Waals surface area contributed by atoms with Crippen molar-refractivity contribution < 1.29 is 9.53 Å². The lowest BCUT2D eigenvalue weighted by atomic mass is 9.93. The molecule has 0 saturated carbocycles. The first-order valence-corrected chi connectivity index (χ1v) is 5.36. The van der Waals surface area contributed by atoms with Gasteiger partial charge in [-0.3, -0.25) is 4.79 Å². The van der Waals surface area contributed by atoms with Gasteiger partial charge in [0.2, 0.25) is 0 Å². The average molecular weight is 186 g/mol. The molecule has 0 aromatic rings. The fourth-order valence-electron chi connectivity index (χ4n) is 1.56. The number of rotatable bonds is 7. The highest BCUT2D eigenvalue weighted by Crippen LogP contribution is 2.14. The number of ether oxygens (including phenoxy) is 1. The normalized spacial score (nSPS) is 13.3. The molecule has 0 bridgehead atoms. The molecule has 0 aromatic heterocycles. The molecule has 0 aliphatic carbocycles. The van der Waals surface area contributed by atoms with Gasteiger partial charge in [-0.05, 0) is 26.2 Å². The summed E-state index contributed by atoms with van der Waals surface area (Å²) < 4.78 is 5.39. The van der Waals surface area contributed by atoms with Crippen molar-refractivity contribution in [3.05, 3.63) is 0 Å². The summed E-state index contributed by atoms with van der Waals surface area (Å²) in [5, 5.41) is 0.